The molecule has 2 heterocycles. The molecule has 0 fully saturated rings. The largest absolute Gasteiger partial charge is 0.309 e. The first kappa shape index (κ1) is 12.3. The van der Waals surface area contributed by atoms with Crippen LogP contribution in [-0.2, 0) is 6.54 Å². The Morgan fingerprint density at radius 1 is 1.47 bits per heavy atom. The van der Waals surface area contributed by atoms with Gasteiger partial charge in [-0.25, -0.2) is 4.68 Å². The SMILES string of the molecule is CC(C)NCc1cc(-n2cc(Br)cn2)ccn1. The molecule has 0 atom stereocenters. The van der Waals surface area contributed by atoms with Crippen LogP contribution >= 0.6 is 15.9 Å². The second-order valence-electron chi connectivity index (χ2n) is 4.14. The lowest BCUT2D eigenvalue weighted by molar-refractivity contribution is 0.581. The van der Waals surface area contributed by atoms with Gasteiger partial charge in [0.25, 0.3) is 0 Å². The van der Waals surface area contributed by atoms with Crippen LogP contribution in [-0.4, -0.2) is 20.8 Å². The summed E-state index contributed by atoms with van der Waals surface area (Å²) in [6.45, 7) is 5.01. The van der Waals surface area contributed by atoms with Crippen LogP contribution in [0.25, 0.3) is 5.69 Å². The monoisotopic (exact) mass is 294 g/mol. The molecule has 0 unspecified atom stereocenters. The zero-order valence-electron chi connectivity index (χ0n) is 9.89. The number of hydrogen-bond acceptors (Lipinski definition) is 3. The minimum Gasteiger partial charge on any atom is -0.309 e. The molecule has 0 aliphatic heterocycles. The molecule has 2 aromatic heterocycles. The summed E-state index contributed by atoms with van der Waals surface area (Å²) in [7, 11) is 0. The van der Waals surface area contributed by atoms with E-state index >= 15 is 0 Å². The molecule has 0 amide bonds. The Morgan fingerprint density at radius 3 is 2.94 bits per heavy atom. The van der Waals surface area contributed by atoms with Gasteiger partial charge in [0.15, 0.2) is 0 Å². The zero-order valence-corrected chi connectivity index (χ0v) is 11.5. The lowest BCUT2D eigenvalue weighted by Crippen LogP contribution is -2.22. The molecule has 0 spiro atoms. The number of pyridine rings is 1. The highest BCUT2D eigenvalue weighted by atomic mass is 79.9. The summed E-state index contributed by atoms with van der Waals surface area (Å²) in [6.07, 6.45) is 5.50. The standard InChI is InChI=1S/C12H15BrN4/c1-9(2)15-7-11-5-12(3-4-14-11)17-8-10(13)6-16-17/h3-6,8-9,15H,7H2,1-2H3. The average molecular weight is 295 g/mol. The van der Waals surface area contributed by atoms with Crippen LogP contribution in [0.2, 0.25) is 0 Å². The molecule has 17 heavy (non-hydrogen) atoms. The zero-order chi connectivity index (χ0) is 12.3. The highest BCUT2D eigenvalue weighted by Gasteiger charge is 2.02. The molecule has 1 N–H and O–H groups in total. The normalized spacial score (nSPS) is 11.1. The third-order valence-electron chi connectivity index (χ3n) is 2.31. The third-order valence-corrected chi connectivity index (χ3v) is 2.72. The second-order valence-corrected chi connectivity index (χ2v) is 5.06. The highest BCUT2D eigenvalue weighted by molar-refractivity contribution is 9.10. The maximum Gasteiger partial charge on any atom is 0.0679 e. The topological polar surface area (TPSA) is 42.7 Å². The van der Waals surface area contributed by atoms with Crippen molar-refractivity contribution in [1.29, 1.82) is 0 Å². The van der Waals surface area contributed by atoms with E-state index in [9.17, 15) is 0 Å². The van der Waals surface area contributed by atoms with E-state index in [4.69, 9.17) is 0 Å². The van der Waals surface area contributed by atoms with Crippen molar-refractivity contribution in [2.24, 2.45) is 0 Å². The highest BCUT2D eigenvalue weighted by Crippen LogP contribution is 2.12. The maximum absolute atomic E-state index is 4.33. The predicted molar refractivity (Wildman–Crippen MR) is 71.0 cm³/mol. The maximum atomic E-state index is 4.33. The summed E-state index contributed by atoms with van der Waals surface area (Å²) in [5.74, 6) is 0. The predicted octanol–water partition coefficient (Wildman–Crippen LogP) is 2.53. The molecule has 5 heteroatoms. The van der Waals surface area contributed by atoms with Crippen molar-refractivity contribution in [3.8, 4) is 5.69 Å². The van der Waals surface area contributed by atoms with E-state index in [2.05, 4.69) is 45.2 Å². The van der Waals surface area contributed by atoms with E-state index in [0.717, 1.165) is 22.4 Å². The molecular formula is C12H15BrN4. The van der Waals surface area contributed by atoms with E-state index in [1.807, 2.05) is 29.2 Å². The van der Waals surface area contributed by atoms with Crippen molar-refractivity contribution in [3.63, 3.8) is 0 Å². The molecule has 0 aliphatic carbocycles. The Bertz CT molecular complexity index is 493. The fourth-order valence-corrected chi connectivity index (χ4v) is 1.74. The second kappa shape index (κ2) is 5.42. The van der Waals surface area contributed by atoms with Crippen molar-refractivity contribution >= 4 is 15.9 Å². The van der Waals surface area contributed by atoms with Crippen LogP contribution in [0.3, 0.4) is 0 Å². The molecule has 0 radical (unpaired) electrons. The molecule has 90 valence electrons. The van der Waals surface area contributed by atoms with Gasteiger partial charge in [-0.1, -0.05) is 13.8 Å². The summed E-state index contributed by atoms with van der Waals surface area (Å²) in [4.78, 5) is 4.33. The summed E-state index contributed by atoms with van der Waals surface area (Å²) in [5, 5.41) is 7.59. The van der Waals surface area contributed by atoms with E-state index < -0.39 is 0 Å². The van der Waals surface area contributed by atoms with Crippen LogP contribution in [0, 0.1) is 0 Å². The molecule has 0 aromatic carbocycles. The first-order valence-corrected chi connectivity index (χ1v) is 6.33. The van der Waals surface area contributed by atoms with Gasteiger partial charge in [-0.05, 0) is 28.1 Å². The molecule has 2 aromatic rings. The molecule has 0 bridgehead atoms. The number of aromatic nitrogens is 3. The van der Waals surface area contributed by atoms with Crippen LogP contribution < -0.4 is 5.32 Å². The van der Waals surface area contributed by atoms with Gasteiger partial charge in [-0.3, -0.25) is 4.98 Å². The molecular weight excluding hydrogens is 280 g/mol. The van der Waals surface area contributed by atoms with Gasteiger partial charge in [-0.2, -0.15) is 5.10 Å². The van der Waals surface area contributed by atoms with Crippen molar-refractivity contribution in [3.05, 3.63) is 40.9 Å². The van der Waals surface area contributed by atoms with Crippen LogP contribution in [0.1, 0.15) is 19.5 Å². The van der Waals surface area contributed by atoms with Crippen LogP contribution in [0.15, 0.2) is 35.2 Å². The van der Waals surface area contributed by atoms with Gasteiger partial charge >= 0.3 is 0 Å². The fraction of sp³-hybridized carbons (Fsp3) is 0.333. The minimum atomic E-state index is 0.458. The number of nitrogens with one attached hydrogen (secondary N) is 1. The van der Waals surface area contributed by atoms with Gasteiger partial charge in [-0.15, -0.1) is 0 Å². The Hall–Kier alpha value is -1.20. The van der Waals surface area contributed by atoms with Gasteiger partial charge in [0.2, 0.25) is 0 Å². The summed E-state index contributed by atoms with van der Waals surface area (Å²) < 4.78 is 2.79. The molecule has 0 saturated heterocycles. The number of halogens is 1. The van der Waals surface area contributed by atoms with E-state index in [1.54, 1.807) is 6.20 Å². The minimum absolute atomic E-state index is 0.458. The smallest absolute Gasteiger partial charge is 0.0679 e. The Labute approximate surface area is 109 Å². The van der Waals surface area contributed by atoms with Crippen LogP contribution in [0.5, 0.6) is 0 Å². The Balaban J connectivity index is 2.16. The van der Waals surface area contributed by atoms with Crippen molar-refractivity contribution in [2.45, 2.75) is 26.4 Å². The van der Waals surface area contributed by atoms with Gasteiger partial charge in [0.05, 0.1) is 22.1 Å². The summed E-state index contributed by atoms with van der Waals surface area (Å²) in [6, 6.07) is 4.44. The van der Waals surface area contributed by atoms with E-state index in [1.165, 1.54) is 0 Å². The summed E-state index contributed by atoms with van der Waals surface area (Å²) in [5.41, 5.74) is 2.04. The third kappa shape index (κ3) is 3.38. The van der Waals surface area contributed by atoms with Gasteiger partial charge < -0.3 is 5.32 Å². The van der Waals surface area contributed by atoms with Crippen LogP contribution in [0.4, 0.5) is 0 Å². The number of hydrogen-bond donors (Lipinski definition) is 1. The molecule has 0 aliphatic rings. The molecule has 2 rings (SSSR count). The lowest BCUT2D eigenvalue weighted by Gasteiger charge is -2.08. The first-order valence-electron chi connectivity index (χ1n) is 5.54. The Morgan fingerprint density at radius 2 is 2.29 bits per heavy atom. The van der Waals surface area contributed by atoms with Gasteiger partial charge in [0.1, 0.15) is 0 Å². The molecule has 4 nitrogen and oxygen atoms in total. The van der Waals surface area contributed by atoms with Crippen molar-refractivity contribution in [2.75, 3.05) is 0 Å². The average Bonchev–Trinajstić information content (AvgIpc) is 2.74. The van der Waals surface area contributed by atoms with Crippen molar-refractivity contribution < 1.29 is 0 Å². The molecule has 0 saturated carbocycles. The lowest BCUT2D eigenvalue weighted by atomic mass is 10.3. The summed E-state index contributed by atoms with van der Waals surface area (Å²) >= 11 is 3.39. The van der Waals surface area contributed by atoms with E-state index in [0.29, 0.717) is 6.04 Å². The van der Waals surface area contributed by atoms with E-state index in [-0.39, 0.29) is 0 Å². The van der Waals surface area contributed by atoms with Gasteiger partial charge in [0, 0.05) is 25.0 Å². The first-order chi connectivity index (χ1) is 8.15. The van der Waals surface area contributed by atoms with Crippen molar-refractivity contribution in [1.82, 2.24) is 20.1 Å². The number of nitrogens with zero attached hydrogens (tertiary/aromatic N) is 3. The number of rotatable bonds is 4. The quantitative estimate of drug-likeness (QED) is 0.942. The fourth-order valence-electron chi connectivity index (χ4n) is 1.46. The Kier molecular flexibility index (Phi) is 3.91.